The Morgan fingerprint density at radius 1 is 1.40 bits per heavy atom. The van der Waals surface area contributed by atoms with Crippen LogP contribution in [0.4, 0.5) is 5.69 Å². The summed E-state index contributed by atoms with van der Waals surface area (Å²) in [5.41, 5.74) is 5.81. The number of hydrogen-bond donors (Lipinski definition) is 1. The van der Waals surface area contributed by atoms with Crippen molar-refractivity contribution in [1.82, 2.24) is 4.31 Å². The molecule has 0 radical (unpaired) electrons. The van der Waals surface area contributed by atoms with Crippen LogP contribution in [-0.4, -0.2) is 30.4 Å². The molecule has 2 rings (SSSR count). The number of sulfonamides is 1. The minimum Gasteiger partial charge on any atom is -0.315 e. The third kappa shape index (κ3) is 2.54. The van der Waals surface area contributed by atoms with Gasteiger partial charge in [-0.05, 0) is 32.3 Å². The summed E-state index contributed by atoms with van der Waals surface area (Å²) in [5.74, 6) is 0. The molecule has 0 aromatic heterocycles. The predicted octanol–water partition coefficient (Wildman–Crippen LogP) is 1.36. The maximum Gasteiger partial charge on any atom is 0.273 e. The molecule has 1 fully saturated rings. The van der Waals surface area contributed by atoms with E-state index in [-0.39, 0.29) is 16.1 Å². The first-order chi connectivity index (χ1) is 9.35. The Labute approximate surface area is 117 Å². The highest BCUT2D eigenvalue weighted by Gasteiger charge is 2.33. The monoisotopic (exact) mass is 299 g/mol. The van der Waals surface area contributed by atoms with Crippen LogP contribution in [0.25, 0.3) is 0 Å². The number of benzene rings is 1. The number of nitrogens with two attached hydrogens (primary N) is 1. The number of nitro groups is 1. The highest BCUT2D eigenvalue weighted by molar-refractivity contribution is 7.89. The van der Waals surface area contributed by atoms with E-state index in [4.69, 9.17) is 5.73 Å². The molecule has 0 spiro atoms. The van der Waals surface area contributed by atoms with Crippen molar-refractivity contribution in [2.24, 2.45) is 5.73 Å². The third-order valence-corrected chi connectivity index (χ3v) is 5.61. The van der Waals surface area contributed by atoms with Crippen molar-refractivity contribution in [1.29, 1.82) is 0 Å². The van der Waals surface area contributed by atoms with Gasteiger partial charge in [-0.15, -0.1) is 0 Å². The van der Waals surface area contributed by atoms with Crippen LogP contribution >= 0.6 is 0 Å². The second-order valence-electron chi connectivity index (χ2n) is 4.84. The Balaban J connectivity index is 2.49. The Kier molecular flexibility index (Phi) is 4.07. The van der Waals surface area contributed by atoms with Gasteiger partial charge in [0, 0.05) is 18.2 Å². The fourth-order valence-electron chi connectivity index (χ4n) is 2.44. The molecular formula is C12H17N3O4S. The SMILES string of the molecule is Cc1c([N+](=O)[O-])cccc1S(=O)(=O)N1CCCCC1N. The van der Waals surface area contributed by atoms with E-state index in [1.165, 1.54) is 29.4 Å². The van der Waals surface area contributed by atoms with Crippen LogP contribution in [0.5, 0.6) is 0 Å². The van der Waals surface area contributed by atoms with E-state index in [1.807, 2.05) is 0 Å². The number of hydrogen-bond acceptors (Lipinski definition) is 5. The van der Waals surface area contributed by atoms with Gasteiger partial charge in [-0.25, -0.2) is 8.42 Å². The molecule has 7 nitrogen and oxygen atoms in total. The maximum atomic E-state index is 12.6. The molecule has 1 unspecified atom stereocenters. The molecule has 1 saturated heterocycles. The molecule has 1 aromatic rings. The molecule has 8 heteroatoms. The molecule has 110 valence electrons. The lowest BCUT2D eigenvalue weighted by atomic mass is 10.1. The molecule has 1 aromatic carbocycles. The first kappa shape index (κ1) is 14.9. The van der Waals surface area contributed by atoms with E-state index in [0.717, 1.165) is 12.8 Å². The highest BCUT2D eigenvalue weighted by atomic mass is 32.2. The van der Waals surface area contributed by atoms with Gasteiger partial charge in [-0.2, -0.15) is 4.31 Å². The molecule has 20 heavy (non-hydrogen) atoms. The number of nitro benzene ring substituents is 1. The first-order valence-electron chi connectivity index (χ1n) is 6.37. The summed E-state index contributed by atoms with van der Waals surface area (Å²) >= 11 is 0. The summed E-state index contributed by atoms with van der Waals surface area (Å²) in [6, 6.07) is 4.07. The number of rotatable bonds is 3. The maximum absolute atomic E-state index is 12.6. The second-order valence-corrected chi connectivity index (χ2v) is 6.70. The Morgan fingerprint density at radius 2 is 2.10 bits per heavy atom. The zero-order valence-electron chi connectivity index (χ0n) is 11.2. The molecule has 0 bridgehead atoms. The zero-order chi connectivity index (χ0) is 14.9. The lowest BCUT2D eigenvalue weighted by Crippen LogP contribution is -2.48. The van der Waals surface area contributed by atoms with Gasteiger partial charge in [0.2, 0.25) is 10.0 Å². The normalized spacial score (nSPS) is 20.8. The van der Waals surface area contributed by atoms with Crippen molar-refractivity contribution in [3.05, 3.63) is 33.9 Å². The van der Waals surface area contributed by atoms with Crippen LogP contribution in [-0.2, 0) is 10.0 Å². The molecule has 2 N–H and O–H groups in total. The molecule has 1 atom stereocenters. The van der Waals surface area contributed by atoms with Gasteiger partial charge in [-0.1, -0.05) is 6.07 Å². The smallest absolute Gasteiger partial charge is 0.273 e. The van der Waals surface area contributed by atoms with E-state index >= 15 is 0 Å². The predicted molar refractivity (Wildman–Crippen MR) is 73.6 cm³/mol. The first-order valence-corrected chi connectivity index (χ1v) is 7.81. The summed E-state index contributed by atoms with van der Waals surface area (Å²) < 4.78 is 26.5. The minimum absolute atomic E-state index is 0.0379. The average molecular weight is 299 g/mol. The van der Waals surface area contributed by atoms with Crippen LogP contribution in [0.3, 0.4) is 0 Å². The van der Waals surface area contributed by atoms with Crippen molar-refractivity contribution in [2.75, 3.05) is 6.54 Å². The van der Waals surface area contributed by atoms with Gasteiger partial charge in [0.15, 0.2) is 0 Å². The fourth-order valence-corrected chi connectivity index (χ4v) is 4.26. The van der Waals surface area contributed by atoms with Gasteiger partial charge >= 0.3 is 0 Å². The van der Waals surface area contributed by atoms with E-state index < -0.39 is 21.1 Å². The van der Waals surface area contributed by atoms with Crippen LogP contribution < -0.4 is 5.73 Å². The van der Waals surface area contributed by atoms with Gasteiger partial charge in [0.25, 0.3) is 5.69 Å². The number of nitrogens with zero attached hydrogens (tertiary/aromatic N) is 2. The van der Waals surface area contributed by atoms with E-state index in [9.17, 15) is 18.5 Å². The van der Waals surface area contributed by atoms with Gasteiger partial charge in [0.1, 0.15) is 0 Å². The largest absolute Gasteiger partial charge is 0.315 e. The molecule has 0 amide bonds. The van der Waals surface area contributed by atoms with Crippen LogP contribution in [0.15, 0.2) is 23.1 Å². The standard InChI is InChI=1S/C12H17N3O4S/c1-9-10(15(16)17)5-4-6-11(9)20(18,19)14-8-3-2-7-12(14)13/h4-6,12H,2-3,7-8,13H2,1H3. The molecule has 1 heterocycles. The van der Waals surface area contributed by atoms with Crippen molar-refractivity contribution < 1.29 is 13.3 Å². The Hall–Kier alpha value is -1.51. The van der Waals surface area contributed by atoms with Crippen molar-refractivity contribution in [3.8, 4) is 0 Å². The summed E-state index contributed by atoms with van der Waals surface area (Å²) in [4.78, 5) is 10.3. The molecular weight excluding hydrogens is 282 g/mol. The van der Waals surface area contributed by atoms with Crippen molar-refractivity contribution >= 4 is 15.7 Å². The zero-order valence-corrected chi connectivity index (χ0v) is 12.0. The minimum atomic E-state index is -3.79. The van der Waals surface area contributed by atoms with Crippen LogP contribution in [0.1, 0.15) is 24.8 Å². The van der Waals surface area contributed by atoms with E-state index in [0.29, 0.717) is 13.0 Å². The second kappa shape index (κ2) is 5.47. The van der Waals surface area contributed by atoms with Crippen molar-refractivity contribution in [3.63, 3.8) is 0 Å². The molecule has 1 aliphatic rings. The highest BCUT2D eigenvalue weighted by Crippen LogP contribution is 2.29. The quantitative estimate of drug-likeness (QED) is 0.670. The molecule has 0 saturated carbocycles. The van der Waals surface area contributed by atoms with Crippen molar-refractivity contribution in [2.45, 2.75) is 37.2 Å². The van der Waals surface area contributed by atoms with E-state index in [1.54, 1.807) is 0 Å². The average Bonchev–Trinajstić information content (AvgIpc) is 2.38. The van der Waals surface area contributed by atoms with Gasteiger partial charge in [-0.3, -0.25) is 10.1 Å². The van der Waals surface area contributed by atoms with Crippen LogP contribution in [0.2, 0.25) is 0 Å². The van der Waals surface area contributed by atoms with E-state index in [2.05, 4.69) is 0 Å². The Morgan fingerprint density at radius 3 is 2.70 bits per heavy atom. The Bertz CT molecular complexity index is 630. The fraction of sp³-hybridized carbons (Fsp3) is 0.500. The number of piperidine rings is 1. The van der Waals surface area contributed by atoms with Gasteiger partial charge < -0.3 is 5.73 Å². The topological polar surface area (TPSA) is 107 Å². The molecule has 0 aliphatic carbocycles. The summed E-state index contributed by atoms with van der Waals surface area (Å²) in [6.07, 6.45) is 1.68. The summed E-state index contributed by atoms with van der Waals surface area (Å²) in [7, 11) is -3.79. The van der Waals surface area contributed by atoms with Crippen LogP contribution in [0, 0.1) is 17.0 Å². The summed E-state index contributed by atoms with van der Waals surface area (Å²) in [5, 5.41) is 10.9. The third-order valence-electron chi connectivity index (χ3n) is 3.54. The molecule has 1 aliphatic heterocycles. The lowest BCUT2D eigenvalue weighted by molar-refractivity contribution is -0.385. The summed E-state index contributed by atoms with van der Waals surface area (Å²) in [6.45, 7) is 1.80. The lowest BCUT2D eigenvalue weighted by Gasteiger charge is -2.32. The van der Waals surface area contributed by atoms with Gasteiger partial charge in [0.05, 0.1) is 16.0 Å².